The Morgan fingerprint density at radius 3 is 2.88 bits per heavy atom. The number of thioether (sulfide) groups is 1. The second-order valence-electron chi connectivity index (χ2n) is 5.98. The third-order valence-electron chi connectivity index (χ3n) is 3.96. The molecule has 1 aromatic heterocycles. The summed E-state index contributed by atoms with van der Waals surface area (Å²) in [5.74, 6) is 1.93. The van der Waals surface area contributed by atoms with E-state index in [9.17, 15) is 4.79 Å². The van der Waals surface area contributed by atoms with Crippen LogP contribution in [-0.4, -0.2) is 34.9 Å². The van der Waals surface area contributed by atoms with Gasteiger partial charge < -0.3 is 14.7 Å². The minimum atomic E-state index is -0.0641. The summed E-state index contributed by atoms with van der Waals surface area (Å²) in [4.78, 5) is 18.7. The first-order valence-electron chi connectivity index (χ1n) is 8.33. The topological polar surface area (TPSA) is 71.3 Å². The van der Waals surface area contributed by atoms with Crippen molar-refractivity contribution in [2.45, 2.75) is 31.9 Å². The molecule has 0 atom stereocenters. The molecule has 8 heteroatoms. The lowest BCUT2D eigenvalue weighted by Gasteiger charge is -2.30. The minimum absolute atomic E-state index is 0.0641. The van der Waals surface area contributed by atoms with Crippen molar-refractivity contribution < 1.29 is 9.32 Å². The van der Waals surface area contributed by atoms with Crippen molar-refractivity contribution >= 4 is 40.6 Å². The van der Waals surface area contributed by atoms with E-state index in [0.717, 1.165) is 24.5 Å². The molecule has 25 heavy (non-hydrogen) atoms. The zero-order valence-electron chi connectivity index (χ0n) is 14.1. The summed E-state index contributed by atoms with van der Waals surface area (Å²) in [7, 11) is 0. The van der Waals surface area contributed by atoms with Crippen molar-refractivity contribution in [2.75, 3.05) is 29.1 Å². The van der Waals surface area contributed by atoms with E-state index >= 15 is 0 Å². The van der Waals surface area contributed by atoms with E-state index in [2.05, 4.69) is 20.4 Å². The van der Waals surface area contributed by atoms with Gasteiger partial charge in [0, 0.05) is 25.0 Å². The Morgan fingerprint density at radius 1 is 1.36 bits per heavy atom. The summed E-state index contributed by atoms with van der Waals surface area (Å²) in [6.07, 6.45) is 3.62. The number of hydrogen-bond donors (Lipinski definition) is 1. The molecule has 0 spiro atoms. The predicted octanol–water partition coefficient (Wildman–Crippen LogP) is 3.89. The van der Waals surface area contributed by atoms with Gasteiger partial charge in [-0.1, -0.05) is 16.8 Å². The number of halogens is 1. The number of benzene rings is 1. The normalized spacial score (nSPS) is 14.6. The number of amides is 1. The maximum absolute atomic E-state index is 12.3. The number of hydrogen-bond acceptors (Lipinski definition) is 6. The third kappa shape index (κ3) is 5.12. The molecule has 0 bridgehead atoms. The highest BCUT2D eigenvalue weighted by atomic mass is 35.5. The van der Waals surface area contributed by atoms with E-state index in [4.69, 9.17) is 16.1 Å². The van der Waals surface area contributed by atoms with E-state index in [1.54, 1.807) is 6.92 Å². The molecule has 1 aliphatic rings. The third-order valence-corrected chi connectivity index (χ3v) is 5.13. The van der Waals surface area contributed by atoms with Crippen LogP contribution in [0.4, 0.5) is 11.4 Å². The summed E-state index contributed by atoms with van der Waals surface area (Å²) < 4.78 is 4.92. The van der Waals surface area contributed by atoms with Crippen LogP contribution in [0.25, 0.3) is 0 Å². The van der Waals surface area contributed by atoms with Crippen LogP contribution in [-0.2, 0) is 10.5 Å². The minimum Gasteiger partial charge on any atom is -0.370 e. The summed E-state index contributed by atoms with van der Waals surface area (Å²) in [6, 6.07) is 5.67. The van der Waals surface area contributed by atoms with Gasteiger partial charge in [0.05, 0.1) is 22.9 Å². The molecule has 1 aliphatic heterocycles. The number of aromatic nitrogens is 2. The van der Waals surface area contributed by atoms with Crippen molar-refractivity contribution in [3.63, 3.8) is 0 Å². The van der Waals surface area contributed by atoms with Gasteiger partial charge in [0.25, 0.3) is 0 Å². The molecule has 2 heterocycles. The highest BCUT2D eigenvalue weighted by Gasteiger charge is 2.16. The number of carbonyl (C=O) groups excluding carboxylic acids is 1. The Bertz CT molecular complexity index is 731. The quantitative estimate of drug-likeness (QED) is 0.819. The molecule has 1 saturated heterocycles. The number of rotatable bonds is 6. The molecule has 1 amide bonds. The van der Waals surface area contributed by atoms with E-state index in [1.165, 1.54) is 31.0 Å². The van der Waals surface area contributed by atoms with Crippen molar-refractivity contribution in [3.8, 4) is 0 Å². The van der Waals surface area contributed by atoms with E-state index in [-0.39, 0.29) is 5.91 Å². The summed E-state index contributed by atoms with van der Waals surface area (Å²) >= 11 is 7.57. The van der Waals surface area contributed by atoms with Crippen molar-refractivity contribution in [1.82, 2.24) is 10.1 Å². The maximum Gasteiger partial charge on any atom is 0.234 e. The fourth-order valence-electron chi connectivity index (χ4n) is 2.84. The monoisotopic (exact) mass is 380 g/mol. The molecule has 2 aromatic rings. The molecular weight excluding hydrogens is 360 g/mol. The molecule has 0 aliphatic carbocycles. The van der Waals surface area contributed by atoms with Gasteiger partial charge in [-0.15, -0.1) is 11.8 Å². The molecule has 3 rings (SSSR count). The number of anilines is 2. The first-order chi connectivity index (χ1) is 12.1. The second kappa shape index (κ2) is 8.58. The fourth-order valence-corrected chi connectivity index (χ4v) is 3.67. The first-order valence-corrected chi connectivity index (χ1v) is 9.86. The van der Waals surface area contributed by atoms with Gasteiger partial charge in [0.1, 0.15) is 0 Å². The predicted molar refractivity (Wildman–Crippen MR) is 101 cm³/mol. The zero-order chi connectivity index (χ0) is 17.6. The van der Waals surface area contributed by atoms with Crippen molar-refractivity contribution in [3.05, 3.63) is 34.9 Å². The van der Waals surface area contributed by atoms with Gasteiger partial charge in [-0.2, -0.15) is 4.98 Å². The lowest BCUT2D eigenvalue weighted by atomic mass is 10.1. The Morgan fingerprint density at radius 2 is 2.16 bits per heavy atom. The van der Waals surface area contributed by atoms with Crippen LogP contribution in [0.15, 0.2) is 22.7 Å². The Balaban J connectivity index is 1.58. The standard InChI is InChI=1S/C17H21ClN4O2S/c1-12-19-16(21-24-12)10-25-11-17(23)20-14-9-13(18)5-6-15(14)22-7-3-2-4-8-22/h5-6,9H,2-4,7-8,10-11H2,1H3,(H,20,23). The number of piperidine rings is 1. The van der Waals surface area contributed by atoms with Crippen molar-refractivity contribution in [1.29, 1.82) is 0 Å². The molecular formula is C17H21ClN4O2S. The average molecular weight is 381 g/mol. The van der Waals surface area contributed by atoms with Crippen LogP contribution in [0.2, 0.25) is 5.02 Å². The summed E-state index contributed by atoms with van der Waals surface area (Å²) in [5, 5.41) is 7.43. The van der Waals surface area contributed by atoms with Crippen LogP contribution >= 0.6 is 23.4 Å². The molecule has 0 saturated carbocycles. The first kappa shape index (κ1) is 18.1. The SMILES string of the molecule is Cc1nc(CSCC(=O)Nc2cc(Cl)ccc2N2CCCCC2)no1. The van der Waals surface area contributed by atoms with E-state index in [0.29, 0.717) is 28.2 Å². The number of aryl methyl sites for hydroxylation is 1. The molecule has 0 unspecified atom stereocenters. The van der Waals surface area contributed by atoms with E-state index in [1.807, 2.05) is 18.2 Å². The largest absolute Gasteiger partial charge is 0.370 e. The average Bonchev–Trinajstić information content (AvgIpc) is 3.01. The zero-order valence-corrected chi connectivity index (χ0v) is 15.7. The Hall–Kier alpha value is -1.73. The fraction of sp³-hybridized carbons (Fsp3) is 0.471. The van der Waals surface area contributed by atoms with Gasteiger partial charge in [-0.25, -0.2) is 0 Å². The Kier molecular flexibility index (Phi) is 6.20. The number of nitrogens with one attached hydrogen (secondary N) is 1. The van der Waals surface area contributed by atoms with Gasteiger partial charge in [-0.3, -0.25) is 4.79 Å². The molecule has 1 aromatic carbocycles. The van der Waals surface area contributed by atoms with Gasteiger partial charge in [0.2, 0.25) is 11.8 Å². The van der Waals surface area contributed by atoms with Crippen LogP contribution < -0.4 is 10.2 Å². The van der Waals surface area contributed by atoms with Crippen LogP contribution in [0, 0.1) is 6.92 Å². The molecule has 134 valence electrons. The molecule has 1 N–H and O–H groups in total. The highest BCUT2D eigenvalue weighted by Crippen LogP contribution is 2.31. The van der Waals surface area contributed by atoms with E-state index < -0.39 is 0 Å². The maximum atomic E-state index is 12.3. The molecule has 6 nitrogen and oxygen atoms in total. The molecule has 1 fully saturated rings. The van der Waals surface area contributed by atoms with Crippen LogP contribution in [0.1, 0.15) is 31.0 Å². The van der Waals surface area contributed by atoms with Crippen LogP contribution in [0.3, 0.4) is 0 Å². The van der Waals surface area contributed by atoms with Gasteiger partial charge in [-0.05, 0) is 37.5 Å². The highest BCUT2D eigenvalue weighted by molar-refractivity contribution is 7.99. The Labute approximate surface area is 156 Å². The van der Waals surface area contributed by atoms with Gasteiger partial charge >= 0.3 is 0 Å². The smallest absolute Gasteiger partial charge is 0.234 e. The summed E-state index contributed by atoms with van der Waals surface area (Å²) in [5.41, 5.74) is 1.81. The van der Waals surface area contributed by atoms with Gasteiger partial charge in [0.15, 0.2) is 5.82 Å². The second-order valence-corrected chi connectivity index (χ2v) is 7.40. The lowest BCUT2D eigenvalue weighted by molar-refractivity contribution is -0.113. The van der Waals surface area contributed by atoms with Crippen molar-refractivity contribution in [2.24, 2.45) is 0 Å². The molecule has 0 radical (unpaired) electrons. The summed E-state index contributed by atoms with van der Waals surface area (Å²) in [6.45, 7) is 3.77. The number of carbonyl (C=O) groups is 1. The van der Waals surface area contributed by atoms with Crippen LogP contribution in [0.5, 0.6) is 0 Å². The number of nitrogens with zero attached hydrogens (tertiary/aromatic N) is 3. The lowest BCUT2D eigenvalue weighted by Crippen LogP contribution is -2.30.